The Bertz CT molecular complexity index is 1150. The van der Waals surface area contributed by atoms with Crippen molar-refractivity contribution in [2.24, 2.45) is 0 Å². The van der Waals surface area contributed by atoms with Crippen LogP contribution in [-0.2, 0) is 14.4 Å². The van der Waals surface area contributed by atoms with Crippen molar-refractivity contribution in [2.75, 3.05) is 6.54 Å². The fourth-order valence-electron chi connectivity index (χ4n) is 3.57. The summed E-state index contributed by atoms with van der Waals surface area (Å²) in [6, 6.07) is 5.29. The van der Waals surface area contributed by atoms with Crippen LogP contribution in [0.1, 0.15) is 72.1 Å². The number of carboxylic acid groups (broad SMARTS) is 1. The summed E-state index contributed by atoms with van der Waals surface area (Å²) >= 11 is 5.87. The molecule has 0 aliphatic carbocycles. The molecule has 2 amide bonds. The van der Waals surface area contributed by atoms with Crippen molar-refractivity contribution in [1.29, 1.82) is 0 Å². The van der Waals surface area contributed by atoms with Gasteiger partial charge in [0.05, 0.1) is 0 Å². The molecule has 3 N–H and O–H groups in total. The van der Waals surface area contributed by atoms with Gasteiger partial charge in [-0.05, 0) is 83.1 Å². The van der Waals surface area contributed by atoms with Crippen LogP contribution in [0.5, 0.6) is 5.75 Å². The standard InChI is InChI=1S/C35H47ClN2O5/c1-4-5-6-7-8-9-10-11-12-13-14-15-16-17-18-19-20-21-22-23-32(39)38-31(33(40)41)28-37-34(42)35(2,3)43-30-26-24-29(36)25-27-30/h5-6,8-9,11-12,14-15,17-18,20-21,24-27,31H,4,7,10,13,16,19,22-23,28H2,1-3H3,(H,37,42)(H,38,39)(H,40,41). The Labute approximate surface area is 262 Å². The molecular weight excluding hydrogens is 564 g/mol. The van der Waals surface area contributed by atoms with E-state index in [1.807, 2.05) is 12.2 Å². The van der Waals surface area contributed by atoms with E-state index in [0.717, 1.165) is 38.5 Å². The number of allylic oxidation sites excluding steroid dienone is 12. The Morgan fingerprint density at radius 3 is 1.74 bits per heavy atom. The van der Waals surface area contributed by atoms with E-state index in [0.29, 0.717) is 17.2 Å². The SMILES string of the molecule is CCC=CCC=CCC=CCC=CCC=CCC=CCCC(=O)NC(CNC(=O)C(C)(C)Oc1ccc(Cl)cc1)C(=O)O. The summed E-state index contributed by atoms with van der Waals surface area (Å²) < 4.78 is 5.71. The lowest BCUT2D eigenvalue weighted by molar-refractivity contribution is -0.142. The van der Waals surface area contributed by atoms with Crippen LogP contribution >= 0.6 is 11.6 Å². The van der Waals surface area contributed by atoms with E-state index in [1.54, 1.807) is 38.1 Å². The summed E-state index contributed by atoms with van der Waals surface area (Å²) in [5, 5.41) is 15.0. The number of carbonyl (C=O) groups excluding carboxylic acids is 2. The number of halogens is 1. The normalized spacial score (nSPS) is 13.2. The Morgan fingerprint density at radius 1 is 0.814 bits per heavy atom. The van der Waals surface area contributed by atoms with Gasteiger partial charge in [-0.2, -0.15) is 0 Å². The van der Waals surface area contributed by atoms with Crippen molar-refractivity contribution in [3.05, 3.63) is 102 Å². The van der Waals surface area contributed by atoms with Crippen LogP contribution in [0, 0.1) is 0 Å². The molecule has 0 aliphatic heterocycles. The maximum atomic E-state index is 12.6. The molecular formula is C35H47ClN2O5. The Balaban J connectivity index is 2.24. The number of carboxylic acids is 1. The topological polar surface area (TPSA) is 105 Å². The minimum Gasteiger partial charge on any atom is -0.480 e. The van der Waals surface area contributed by atoms with E-state index in [9.17, 15) is 19.5 Å². The first kappa shape index (κ1) is 37.2. The van der Waals surface area contributed by atoms with Crippen LogP contribution in [0.3, 0.4) is 0 Å². The highest BCUT2D eigenvalue weighted by atomic mass is 35.5. The van der Waals surface area contributed by atoms with Crippen molar-refractivity contribution in [2.45, 2.75) is 83.8 Å². The number of hydrogen-bond acceptors (Lipinski definition) is 4. The molecule has 1 rings (SSSR count). The summed E-state index contributed by atoms with van der Waals surface area (Å²) in [7, 11) is 0. The smallest absolute Gasteiger partial charge is 0.328 e. The number of aliphatic carboxylic acids is 1. The highest BCUT2D eigenvalue weighted by Crippen LogP contribution is 2.21. The summed E-state index contributed by atoms with van der Waals surface area (Å²) in [6.07, 6.45) is 31.6. The Hall–Kier alpha value is -3.84. The van der Waals surface area contributed by atoms with Gasteiger partial charge in [0, 0.05) is 18.0 Å². The predicted molar refractivity (Wildman–Crippen MR) is 176 cm³/mol. The lowest BCUT2D eigenvalue weighted by Crippen LogP contribution is -2.53. The zero-order valence-electron chi connectivity index (χ0n) is 25.6. The van der Waals surface area contributed by atoms with Crippen molar-refractivity contribution in [1.82, 2.24) is 10.6 Å². The average molecular weight is 611 g/mol. The maximum absolute atomic E-state index is 12.6. The molecule has 0 heterocycles. The second kappa shape index (κ2) is 22.7. The molecule has 0 spiro atoms. The lowest BCUT2D eigenvalue weighted by atomic mass is 10.1. The van der Waals surface area contributed by atoms with E-state index in [4.69, 9.17) is 16.3 Å². The van der Waals surface area contributed by atoms with Gasteiger partial charge in [-0.3, -0.25) is 9.59 Å². The molecule has 0 saturated carbocycles. The van der Waals surface area contributed by atoms with Gasteiger partial charge in [-0.25, -0.2) is 4.79 Å². The molecule has 0 radical (unpaired) electrons. The molecule has 43 heavy (non-hydrogen) atoms. The number of ether oxygens (including phenoxy) is 1. The van der Waals surface area contributed by atoms with Crippen molar-refractivity contribution < 1.29 is 24.2 Å². The van der Waals surface area contributed by atoms with Crippen LogP contribution in [0.25, 0.3) is 0 Å². The molecule has 0 fully saturated rings. The minimum absolute atomic E-state index is 0.144. The number of carbonyl (C=O) groups is 3. The van der Waals surface area contributed by atoms with Gasteiger partial charge in [0.25, 0.3) is 5.91 Å². The summed E-state index contributed by atoms with van der Waals surface area (Å²) in [4.78, 5) is 36.5. The number of hydrogen-bond donors (Lipinski definition) is 3. The highest BCUT2D eigenvalue weighted by molar-refractivity contribution is 6.30. The summed E-state index contributed by atoms with van der Waals surface area (Å²) in [5.41, 5.74) is -1.27. The van der Waals surface area contributed by atoms with E-state index in [2.05, 4.69) is 78.3 Å². The third-order valence-corrected chi connectivity index (χ3v) is 6.22. The number of amides is 2. The van der Waals surface area contributed by atoms with E-state index in [-0.39, 0.29) is 13.0 Å². The second-order valence-corrected chi connectivity index (χ2v) is 10.6. The van der Waals surface area contributed by atoms with Crippen LogP contribution in [-0.4, -0.2) is 41.1 Å². The molecule has 1 unspecified atom stereocenters. The van der Waals surface area contributed by atoms with Gasteiger partial charge in [-0.15, -0.1) is 0 Å². The second-order valence-electron chi connectivity index (χ2n) is 10.2. The van der Waals surface area contributed by atoms with Crippen LogP contribution in [0.2, 0.25) is 5.02 Å². The maximum Gasteiger partial charge on any atom is 0.328 e. The fraction of sp³-hybridized carbons (Fsp3) is 0.400. The zero-order valence-corrected chi connectivity index (χ0v) is 26.4. The fourth-order valence-corrected chi connectivity index (χ4v) is 3.70. The molecule has 1 aromatic rings. The van der Waals surface area contributed by atoms with Crippen LogP contribution < -0.4 is 15.4 Å². The quantitative estimate of drug-likeness (QED) is 0.124. The number of nitrogens with one attached hydrogen (secondary N) is 2. The third-order valence-electron chi connectivity index (χ3n) is 5.97. The van der Waals surface area contributed by atoms with Gasteiger partial charge in [-0.1, -0.05) is 91.4 Å². The van der Waals surface area contributed by atoms with E-state index in [1.165, 1.54) is 0 Å². The molecule has 8 heteroatoms. The van der Waals surface area contributed by atoms with Crippen molar-refractivity contribution >= 4 is 29.4 Å². The lowest BCUT2D eigenvalue weighted by Gasteiger charge is -2.26. The summed E-state index contributed by atoms with van der Waals surface area (Å²) in [6.45, 7) is 5.00. The number of rotatable bonds is 21. The highest BCUT2D eigenvalue weighted by Gasteiger charge is 2.31. The first-order valence-corrected chi connectivity index (χ1v) is 15.2. The van der Waals surface area contributed by atoms with E-state index < -0.39 is 29.4 Å². The summed E-state index contributed by atoms with van der Waals surface area (Å²) in [5.74, 6) is -1.71. The minimum atomic E-state index is -1.27. The first-order chi connectivity index (χ1) is 20.7. The largest absolute Gasteiger partial charge is 0.480 e. The predicted octanol–water partition coefficient (Wildman–Crippen LogP) is 7.66. The molecule has 7 nitrogen and oxygen atoms in total. The molecule has 1 atom stereocenters. The molecule has 1 aromatic carbocycles. The number of benzene rings is 1. The first-order valence-electron chi connectivity index (χ1n) is 14.8. The zero-order chi connectivity index (χ0) is 31.8. The van der Waals surface area contributed by atoms with Gasteiger partial charge < -0.3 is 20.5 Å². The van der Waals surface area contributed by atoms with Crippen LogP contribution in [0.15, 0.2) is 97.2 Å². The molecule has 234 valence electrons. The van der Waals surface area contributed by atoms with Gasteiger partial charge >= 0.3 is 5.97 Å². The Kier molecular flexibility index (Phi) is 19.6. The molecule has 0 saturated heterocycles. The van der Waals surface area contributed by atoms with Gasteiger partial charge in [0.1, 0.15) is 11.8 Å². The van der Waals surface area contributed by atoms with Crippen molar-refractivity contribution in [3.8, 4) is 5.75 Å². The van der Waals surface area contributed by atoms with Crippen LogP contribution in [0.4, 0.5) is 0 Å². The molecule has 0 aromatic heterocycles. The molecule has 0 aliphatic rings. The third kappa shape index (κ3) is 19.1. The molecule has 0 bridgehead atoms. The average Bonchev–Trinajstić information content (AvgIpc) is 2.97. The monoisotopic (exact) mass is 610 g/mol. The van der Waals surface area contributed by atoms with Gasteiger partial charge in [0.2, 0.25) is 5.91 Å². The van der Waals surface area contributed by atoms with E-state index >= 15 is 0 Å². The Morgan fingerprint density at radius 2 is 1.28 bits per heavy atom. The van der Waals surface area contributed by atoms with Crippen molar-refractivity contribution in [3.63, 3.8) is 0 Å². The van der Waals surface area contributed by atoms with Gasteiger partial charge in [0.15, 0.2) is 5.60 Å².